The molecule has 1 heterocycles. The van der Waals surface area contributed by atoms with Gasteiger partial charge in [-0.1, -0.05) is 24.3 Å². The summed E-state index contributed by atoms with van der Waals surface area (Å²) in [5, 5.41) is 3.08. The zero-order valence-electron chi connectivity index (χ0n) is 18.7. The molecular weight excluding hydrogens is 423 g/mol. The van der Waals surface area contributed by atoms with Crippen molar-refractivity contribution in [3.8, 4) is 11.5 Å². The van der Waals surface area contributed by atoms with Crippen LogP contribution in [0.4, 0.5) is 15.8 Å². The highest BCUT2D eigenvalue weighted by Crippen LogP contribution is 2.37. The number of amides is 2. The maximum Gasteiger partial charge on any atom is 0.282 e. The van der Waals surface area contributed by atoms with Crippen molar-refractivity contribution in [1.82, 2.24) is 0 Å². The lowest BCUT2D eigenvalue weighted by molar-refractivity contribution is -0.120. The van der Waals surface area contributed by atoms with Crippen LogP contribution in [-0.4, -0.2) is 26.0 Å². The average molecular weight is 446 g/mol. The van der Waals surface area contributed by atoms with Gasteiger partial charge in [-0.2, -0.15) is 0 Å². The number of imide groups is 1. The minimum absolute atomic E-state index is 0.0859. The largest absolute Gasteiger partial charge is 0.497 e. The van der Waals surface area contributed by atoms with Crippen LogP contribution in [0.15, 0.2) is 66.4 Å². The van der Waals surface area contributed by atoms with Crippen molar-refractivity contribution in [3.63, 3.8) is 0 Å². The van der Waals surface area contributed by atoms with E-state index in [0.29, 0.717) is 28.4 Å². The van der Waals surface area contributed by atoms with Gasteiger partial charge in [-0.05, 0) is 48.7 Å². The van der Waals surface area contributed by atoms with Gasteiger partial charge in [0.25, 0.3) is 11.8 Å². The lowest BCUT2D eigenvalue weighted by Crippen LogP contribution is -2.33. The molecule has 1 aliphatic heterocycles. The Morgan fingerprint density at radius 2 is 1.48 bits per heavy atom. The van der Waals surface area contributed by atoms with E-state index in [-0.39, 0.29) is 11.3 Å². The highest BCUT2D eigenvalue weighted by molar-refractivity contribution is 6.46. The maximum atomic E-state index is 13.6. The lowest BCUT2D eigenvalue weighted by atomic mass is 10.0. The van der Waals surface area contributed by atoms with Crippen molar-refractivity contribution >= 4 is 28.8 Å². The number of halogens is 1. The Bertz CT molecular complexity index is 1260. The third-order valence-corrected chi connectivity index (χ3v) is 5.65. The molecule has 0 spiro atoms. The van der Waals surface area contributed by atoms with E-state index in [9.17, 15) is 14.0 Å². The molecule has 7 heteroatoms. The molecule has 0 bridgehead atoms. The van der Waals surface area contributed by atoms with E-state index in [1.165, 1.54) is 38.5 Å². The second kappa shape index (κ2) is 8.78. The first-order valence-corrected chi connectivity index (χ1v) is 10.3. The summed E-state index contributed by atoms with van der Waals surface area (Å²) in [5.74, 6) is -0.394. The Labute approximate surface area is 191 Å². The number of carbonyl (C=O) groups excluding carboxylic acids is 2. The van der Waals surface area contributed by atoms with Gasteiger partial charge in [0.05, 0.1) is 25.5 Å². The number of nitrogens with zero attached hydrogens (tertiary/aromatic N) is 1. The molecule has 4 rings (SSSR count). The van der Waals surface area contributed by atoms with Gasteiger partial charge in [0, 0.05) is 23.9 Å². The average Bonchev–Trinajstić information content (AvgIpc) is 3.05. The molecule has 0 saturated heterocycles. The van der Waals surface area contributed by atoms with Crippen LogP contribution in [0.5, 0.6) is 11.5 Å². The molecule has 168 valence electrons. The second-order valence-electron chi connectivity index (χ2n) is 7.65. The molecule has 0 fully saturated rings. The topological polar surface area (TPSA) is 67.9 Å². The number of methoxy groups -OCH3 is 2. The van der Waals surface area contributed by atoms with E-state index in [0.717, 1.165) is 16.0 Å². The Kier molecular flexibility index (Phi) is 5.87. The monoisotopic (exact) mass is 446 g/mol. The molecule has 33 heavy (non-hydrogen) atoms. The molecule has 3 aromatic rings. The smallest absolute Gasteiger partial charge is 0.282 e. The molecule has 0 radical (unpaired) electrons. The van der Waals surface area contributed by atoms with E-state index in [1.807, 2.05) is 19.9 Å². The number of rotatable bonds is 6. The SMILES string of the molecule is COc1cc(NC2=C(c3ccc(F)cc3)C(=O)N(c3cccc(C)c3C)C2=O)cc(OC)c1. The highest BCUT2D eigenvalue weighted by Gasteiger charge is 2.41. The Morgan fingerprint density at radius 1 is 0.848 bits per heavy atom. The van der Waals surface area contributed by atoms with Gasteiger partial charge < -0.3 is 14.8 Å². The quantitative estimate of drug-likeness (QED) is 0.548. The summed E-state index contributed by atoms with van der Waals surface area (Å²) in [6.45, 7) is 3.78. The Morgan fingerprint density at radius 3 is 2.09 bits per heavy atom. The van der Waals surface area contributed by atoms with Crippen LogP contribution < -0.4 is 19.7 Å². The first kappa shape index (κ1) is 22.1. The third kappa shape index (κ3) is 4.05. The molecule has 1 N–H and O–H groups in total. The number of aryl methyl sites for hydroxylation is 1. The third-order valence-electron chi connectivity index (χ3n) is 5.65. The first-order valence-electron chi connectivity index (χ1n) is 10.3. The molecule has 3 aromatic carbocycles. The van der Waals surface area contributed by atoms with Crippen molar-refractivity contribution < 1.29 is 23.5 Å². The zero-order valence-corrected chi connectivity index (χ0v) is 18.7. The maximum absolute atomic E-state index is 13.6. The van der Waals surface area contributed by atoms with Gasteiger partial charge in [-0.3, -0.25) is 9.59 Å². The summed E-state index contributed by atoms with van der Waals surface area (Å²) in [6, 6.07) is 16.0. The molecular formula is C26H23FN2O4. The number of carbonyl (C=O) groups is 2. The van der Waals surface area contributed by atoms with Crippen molar-refractivity contribution in [2.24, 2.45) is 0 Å². The summed E-state index contributed by atoms with van der Waals surface area (Å²) in [4.78, 5) is 28.3. The van der Waals surface area contributed by atoms with Crippen LogP contribution in [-0.2, 0) is 9.59 Å². The molecule has 0 saturated carbocycles. The minimum atomic E-state index is -0.505. The number of benzene rings is 3. The predicted molar refractivity (Wildman–Crippen MR) is 125 cm³/mol. The van der Waals surface area contributed by atoms with Gasteiger partial charge in [-0.15, -0.1) is 0 Å². The van der Waals surface area contributed by atoms with Gasteiger partial charge in [-0.25, -0.2) is 9.29 Å². The summed E-state index contributed by atoms with van der Waals surface area (Å²) >= 11 is 0. The summed E-state index contributed by atoms with van der Waals surface area (Å²) in [6.07, 6.45) is 0. The summed E-state index contributed by atoms with van der Waals surface area (Å²) in [7, 11) is 3.04. The normalized spacial score (nSPS) is 13.5. The van der Waals surface area contributed by atoms with Gasteiger partial charge in [0.15, 0.2) is 0 Å². The van der Waals surface area contributed by atoms with Crippen LogP contribution in [0, 0.1) is 19.7 Å². The fourth-order valence-corrected chi connectivity index (χ4v) is 3.75. The number of hydrogen-bond donors (Lipinski definition) is 1. The molecule has 0 aromatic heterocycles. The fraction of sp³-hybridized carbons (Fsp3) is 0.154. The number of ether oxygens (including phenoxy) is 2. The summed E-state index contributed by atoms with van der Waals surface area (Å²) < 4.78 is 24.2. The van der Waals surface area contributed by atoms with E-state index in [4.69, 9.17) is 9.47 Å². The summed E-state index contributed by atoms with van der Waals surface area (Å²) in [5.41, 5.74) is 3.46. The van der Waals surface area contributed by atoms with Gasteiger partial charge in [0.1, 0.15) is 23.0 Å². The van der Waals surface area contributed by atoms with Crippen LogP contribution in [0.3, 0.4) is 0 Å². The molecule has 0 aliphatic carbocycles. The van der Waals surface area contributed by atoms with E-state index in [1.54, 1.807) is 30.3 Å². The van der Waals surface area contributed by atoms with Crippen molar-refractivity contribution in [2.75, 3.05) is 24.4 Å². The van der Waals surface area contributed by atoms with Crippen LogP contribution in [0.1, 0.15) is 16.7 Å². The van der Waals surface area contributed by atoms with Crippen LogP contribution in [0.2, 0.25) is 0 Å². The highest BCUT2D eigenvalue weighted by atomic mass is 19.1. The van der Waals surface area contributed by atoms with Crippen molar-refractivity contribution in [3.05, 3.63) is 88.9 Å². The second-order valence-corrected chi connectivity index (χ2v) is 7.65. The van der Waals surface area contributed by atoms with E-state index in [2.05, 4.69) is 5.32 Å². The molecule has 1 aliphatic rings. The molecule has 0 atom stereocenters. The molecule has 6 nitrogen and oxygen atoms in total. The standard InChI is InChI=1S/C26H23FN2O4/c1-15-6-5-7-22(16(15)2)29-25(30)23(17-8-10-18(27)11-9-17)24(26(29)31)28-19-12-20(32-3)14-21(13-19)33-4/h5-14,28H,1-4H3. The Hall–Kier alpha value is -4.13. The number of anilines is 2. The van der Waals surface area contributed by atoms with Gasteiger partial charge >= 0.3 is 0 Å². The van der Waals surface area contributed by atoms with Crippen LogP contribution >= 0.6 is 0 Å². The van der Waals surface area contributed by atoms with Crippen LogP contribution in [0.25, 0.3) is 5.57 Å². The van der Waals surface area contributed by atoms with Crippen molar-refractivity contribution in [1.29, 1.82) is 0 Å². The zero-order chi connectivity index (χ0) is 23.7. The van der Waals surface area contributed by atoms with E-state index < -0.39 is 17.6 Å². The predicted octanol–water partition coefficient (Wildman–Crippen LogP) is 4.86. The number of hydrogen-bond acceptors (Lipinski definition) is 5. The first-order chi connectivity index (χ1) is 15.8. The minimum Gasteiger partial charge on any atom is -0.497 e. The lowest BCUT2D eigenvalue weighted by Gasteiger charge is -2.19. The van der Waals surface area contributed by atoms with Gasteiger partial charge in [0.2, 0.25) is 0 Å². The van der Waals surface area contributed by atoms with Crippen molar-refractivity contribution in [2.45, 2.75) is 13.8 Å². The fourth-order valence-electron chi connectivity index (χ4n) is 3.75. The molecule has 2 amide bonds. The number of nitrogens with one attached hydrogen (secondary N) is 1. The Balaban J connectivity index is 1.86. The van der Waals surface area contributed by atoms with E-state index >= 15 is 0 Å². The molecule has 0 unspecified atom stereocenters.